The first-order valence-corrected chi connectivity index (χ1v) is 10.6. The molecule has 30 heavy (non-hydrogen) atoms. The minimum Gasteiger partial charge on any atom is -0.306 e. The molecular weight excluding hydrogens is 415 g/mol. The van der Waals surface area contributed by atoms with Gasteiger partial charge in [-0.05, 0) is 49.2 Å². The zero-order chi connectivity index (χ0) is 21.6. The van der Waals surface area contributed by atoms with E-state index in [1.165, 1.54) is 12.1 Å². The van der Waals surface area contributed by atoms with Crippen LogP contribution in [0.25, 0.3) is 5.69 Å². The summed E-state index contributed by atoms with van der Waals surface area (Å²) in [4.78, 5) is 12.8. The maximum absolute atomic E-state index is 13.0. The van der Waals surface area contributed by atoms with Crippen LogP contribution in [0, 0.1) is 13.8 Å². The van der Waals surface area contributed by atoms with Gasteiger partial charge in [0.15, 0.2) is 0 Å². The summed E-state index contributed by atoms with van der Waals surface area (Å²) < 4.78 is 52.7. The largest absolute Gasteiger partial charge is 0.416 e. The highest BCUT2D eigenvalue weighted by molar-refractivity contribution is 7.83. The summed E-state index contributed by atoms with van der Waals surface area (Å²) in [5, 5.41) is 7.26. The number of nitrogens with zero attached hydrogens (tertiary/aromatic N) is 2. The summed E-state index contributed by atoms with van der Waals surface area (Å²) in [5.74, 6) is 0.165. The molecule has 2 heterocycles. The molecule has 0 unspecified atom stereocenters. The fraction of sp³-hybridized carbons (Fsp3) is 0.238. The molecule has 1 aliphatic heterocycles. The molecule has 0 spiro atoms. The highest BCUT2D eigenvalue weighted by Gasteiger charge is 2.32. The van der Waals surface area contributed by atoms with E-state index >= 15 is 0 Å². The van der Waals surface area contributed by atoms with E-state index in [0.717, 1.165) is 28.9 Å². The van der Waals surface area contributed by atoms with Gasteiger partial charge < -0.3 is 5.32 Å². The van der Waals surface area contributed by atoms with Crippen molar-refractivity contribution >= 4 is 22.5 Å². The van der Waals surface area contributed by atoms with Gasteiger partial charge in [-0.1, -0.05) is 18.2 Å². The zero-order valence-electron chi connectivity index (χ0n) is 16.2. The Balaban J connectivity index is 1.77. The maximum Gasteiger partial charge on any atom is 0.416 e. The normalized spacial score (nSPS) is 15.8. The number of anilines is 1. The van der Waals surface area contributed by atoms with Crippen molar-refractivity contribution in [2.24, 2.45) is 0 Å². The standard InChI is InChI=1S/C21H18F3N3O2S/c1-12-5-3-8-18(13(12)2)27-19(16-10-30(29)11-17(16)26-27)25-20(28)14-6-4-7-15(9-14)21(22,23)24/h3-9H,10-11H2,1-2H3,(H,25,28)/t30-/m1/s1. The molecule has 0 aliphatic carbocycles. The third-order valence-electron chi connectivity index (χ3n) is 5.16. The fourth-order valence-corrected chi connectivity index (χ4v) is 4.68. The highest BCUT2D eigenvalue weighted by Crippen LogP contribution is 2.33. The SMILES string of the molecule is Cc1cccc(-n2nc3c(c2NC(=O)c2cccc(C(F)(F)F)c2)C[S@@](=O)C3)c1C. The lowest BCUT2D eigenvalue weighted by atomic mass is 10.1. The van der Waals surface area contributed by atoms with Crippen molar-refractivity contribution in [3.05, 3.63) is 76.0 Å². The Morgan fingerprint density at radius 2 is 1.87 bits per heavy atom. The molecule has 3 aromatic rings. The van der Waals surface area contributed by atoms with Crippen molar-refractivity contribution < 1.29 is 22.2 Å². The van der Waals surface area contributed by atoms with Crippen molar-refractivity contribution in [1.29, 1.82) is 0 Å². The van der Waals surface area contributed by atoms with E-state index < -0.39 is 28.4 Å². The summed E-state index contributed by atoms with van der Waals surface area (Å²) in [6, 6.07) is 9.90. The van der Waals surface area contributed by atoms with Crippen LogP contribution in [0.1, 0.15) is 38.3 Å². The fourth-order valence-electron chi connectivity index (χ4n) is 3.41. The minimum absolute atomic E-state index is 0.119. The summed E-state index contributed by atoms with van der Waals surface area (Å²) in [5.41, 5.74) is 2.98. The van der Waals surface area contributed by atoms with Gasteiger partial charge in [-0.2, -0.15) is 18.3 Å². The number of hydrogen-bond donors (Lipinski definition) is 1. The topological polar surface area (TPSA) is 64.0 Å². The maximum atomic E-state index is 13.0. The van der Waals surface area contributed by atoms with Crippen LogP contribution in [-0.4, -0.2) is 19.9 Å². The number of benzene rings is 2. The smallest absolute Gasteiger partial charge is 0.306 e. The van der Waals surface area contributed by atoms with E-state index in [0.29, 0.717) is 17.1 Å². The van der Waals surface area contributed by atoms with Gasteiger partial charge in [0.1, 0.15) is 5.82 Å². The van der Waals surface area contributed by atoms with Crippen LogP contribution >= 0.6 is 0 Å². The van der Waals surface area contributed by atoms with Crippen molar-refractivity contribution in [3.8, 4) is 5.69 Å². The number of rotatable bonds is 3. The Morgan fingerprint density at radius 1 is 1.13 bits per heavy atom. The van der Waals surface area contributed by atoms with Crippen molar-refractivity contribution in [2.75, 3.05) is 5.32 Å². The molecule has 1 atom stereocenters. The van der Waals surface area contributed by atoms with Gasteiger partial charge in [-0.3, -0.25) is 9.00 Å². The zero-order valence-corrected chi connectivity index (χ0v) is 17.0. The number of nitrogens with one attached hydrogen (secondary N) is 1. The molecule has 0 fully saturated rings. The molecule has 0 bridgehead atoms. The number of carbonyl (C=O) groups is 1. The van der Waals surface area contributed by atoms with Crippen LogP contribution in [0.4, 0.5) is 19.0 Å². The number of aryl methyl sites for hydroxylation is 1. The van der Waals surface area contributed by atoms with Crippen LogP contribution < -0.4 is 5.32 Å². The Kier molecular flexibility index (Phi) is 5.01. The third kappa shape index (κ3) is 3.65. The lowest BCUT2D eigenvalue weighted by Gasteiger charge is -2.14. The van der Waals surface area contributed by atoms with Crippen LogP contribution in [0.3, 0.4) is 0 Å². The third-order valence-corrected chi connectivity index (χ3v) is 6.36. The first kappa shape index (κ1) is 20.3. The number of fused-ring (bicyclic) bond motifs is 1. The molecule has 1 aromatic heterocycles. The number of aromatic nitrogens is 2. The lowest BCUT2D eigenvalue weighted by molar-refractivity contribution is -0.137. The minimum atomic E-state index is -4.55. The van der Waals surface area contributed by atoms with Gasteiger partial charge in [-0.15, -0.1) is 0 Å². The molecule has 2 aromatic carbocycles. The van der Waals surface area contributed by atoms with E-state index in [-0.39, 0.29) is 17.1 Å². The van der Waals surface area contributed by atoms with Gasteiger partial charge in [0.05, 0.1) is 28.5 Å². The molecule has 0 saturated heterocycles. The predicted octanol–water partition coefficient (Wildman–Crippen LogP) is 4.52. The van der Waals surface area contributed by atoms with E-state index in [4.69, 9.17) is 0 Å². The van der Waals surface area contributed by atoms with Crippen LogP contribution in [-0.2, 0) is 28.5 Å². The number of alkyl halides is 3. The average Bonchev–Trinajstić information content (AvgIpc) is 3.20. The lowest BCUT2D eigenvalue weighted by Crippen LogP contribution is -2.18. The highest BCUT2D eigenvalue weighted by atomic mass is 32.2. The summed E-state index contributed by atoms with van der Waals surface area (Å²) >= 11 is 0. The Morgan fingerprint density at radius 3 is 2.60 bits per heavy atom. The summed E-state index contributed by atoms with van der Waals surface area (Å²) in [6.07, 6.45) is -4.55. The molecule has 9 heteroatoms. The molecular formula is C21H18F3N3O2S. The van der Waals surface area contributed by atoms with E-state index in [2.05, 4.69) is 10.4 Å². The molecule has 156 valence electrons. The molecule has 1 N–H and O–H groups in total. The predicted molar refractivity (Wildman–Crippen MR) is 108 cm³/mol. The first-order valence-electron chi connectivity index (χ1n) is 9.16. The average molecular weight is 433 g/mol. The van der Waals surface area contributed by atoms with Crippen LogP contribution in [0.15, 0.2) is 42.5 Å². The second kappa shape index (κ2) is 7.39. The van der Waals surface area contributed by atoms with Crippen molar-refractivity contribution in [1.82, 2.24) is 9.78 Å². The monoisotopic (exact) mass is 433 g/mol. The van der Waals surface area contributed by atoms with E-state index in [9.17, 15) is 22.2 Å². The molecule has 1 amide bonds. The van der Waals surface area contributed by atoms with Gasteiger partial charge in [-0.25, -0.2) is 4.68 Å². The summed E-state index contributed by atoms with van der Waals surface area (Å²) in [6.45, 7) is 3.87. The quantitative estimate of drug-likeness (QED) is 0.661. The number of amides is 1. The molecule has 0 saturated carbocycles. The first-order chi connectivity index (χ1) is 14.1. The Labute approximate surface area is 173 Å². The van der Waals surface area contributed by atoms with E-state index in [1.54, 1.807) is 4.68 Å². The van der Waals surface area contributed by atoms with Gasteiger partial charge in [0.25, 0.3) is 5.91 Å². The number of carbonyl (C=O) groups excluding carboxylic acids is 1. The van der Waals surface area contributed by atoms with Crippen molar-refractivity contribution in [3.63, 3.8) is 0 Å². The molecule has 4 rings (SSSR count). The van der Waals surface area contributed by atoms with E-state index in [1.807, 2.05) is 32.0 Å². The molecule has 1 aliphatic rings. The van der Waals surface area contributed by atoms with Crippen molar-refractivity contribution in [2.45, 2.75) is 31.5 Å². The van der Waals surface area contributed by atoms with Crippen LogP contribution in [0.5, 0.6) is 0 Å². The van der Waals surface area contributed by atoms with Crippen LogP contribution in [0.2, 0.25) is 0 Å². The Hall–Kier alpha value is -2.94. The number of halogens is 3. The van der Waals surface area contributed by atoms with Gasteiger partial charge in [0.2, 0.25) is 0 Å². The van der Waals surface area contributed by atoms with Gasteiger partial charge >= 0.3 is 6.18 Å². The second-order valence-electron chi connectivity index (χ2n) is 7.17. The molecule has 5 nitrogen and oxygen atoms in total. The van der Waals surface area contributed by atoms with Gasteiger partial charge in [0, 0.05) is 21.9 Å². The summed E-state index contributed by atoms with van der Waals surface area (Å²) in [7, 11) is -1.12. The second-order valence-corrected chi connectivity index (χ2v) is 8.62. The number of hydrogen-bond acceptors (Lipinski definition) is 3. The molecule has 0 radical (unpaired) electrons. The Bertz CT molecular complexity index is 1180.